The summed E-state index contributed by atoms with van der Waals surface area (Å²) in [4.78, 5) is 0. The molecule has 60 valence electrons. The van der Waals surface area contributed by atoms with Gasteiger partial charge in [-0.3, -0.25) is 0 Å². The Hall–Kier alpha value is 0.430. The van der Waals surface area contributed by atoms with Crippen molar-refractivity contribution in [2.45, 2.75) is 28.5 Å². The molecular weight excluding hydrogens is 251 g/mol. The van der Waals surface area contributed by atoms with E-state index in [4.69, 9.17) is 4.74 Å². The van der Waals surface area contributed by atoms with Crippen LogP contribution < -0.4 is 0 Å². The summed E-state index contributed by atoms with van der Waals surface area (Å²) in [6, 6.07) is 0. The van der Waals surface area contributed by atoms with Gasteiger partial charge in [0.05, 0.1) is 11.7 Å². The molecule has 2 aliphatic carbocycles. The molecule has 11 heavy (non-hydrogen) atoms. The summed E-state index contributed by atoms with van der Waals surface area (Å²) in [6.45, 7) is 3.87. The Morgan fingerprint density at radius 1 is 1.64 bits per heavy atom. The summed E-state index contributed by atoms with van der Waals surface area (Å²) in [5, 5.41) is 0. The van der Waals surface area contributed by atoms with Crippen LogP contribution >= 0.6 is 22.6 Å². The topological polar surface area (TPSA) is 9.23 Å². The van der Waals surface area contributed by atoms with Crippen LogP contribution in [0.25, 0.3) is 0 Å². The van der Waals surface area contributed by atoms with Gasteiger partial charge in [-0.1, -0.05) is 28.7 Å². The van der Waals surface area contributed by atoms with Crippen LogP contribution in [-0.4, -0.2) is 15.6 Å². The van der Waals surface area contributed by atoms with Gasteiger partial charge in [-0.2, -0.15) is 0 Å². The number of hydrogen-bond acceptors (Lipinski definition) is 1. The molecule has 2 heteroatoms. The molecule has 0 N–H and O–H groups in total. The molecule has 0 amide bonds. The second-order valence-corrected chi connectivity index (χ2v) is 5.43. The molecule has 0 radical (unpaired) electrons. The van der Waals surface area contributed by atoms with Crippen molar-refractivity contribution in [3.05, 3.63) is 12.7 Å². The first-order valence-corrected chi connectivity index (χ1v) is 5.47. The van der Waals surface area contributed by atoms with Gasteiger partial charge in [0.15, 0.2) is 0 Å². The SMILES string of the molecule is C=CC12CC3CC1C(O2)C3I. The molecule has 0 aromatic rings. The Labute approximate surface area is 80.3 Å². The molecule has 3 fully saturated rings. The van der Waals surface area contributed by atoms with Crippen molar-refractivity contribution in [3.8, 4) is 0 Å². The number of fused-ring (bicyclic) bond motifs is 1. The molecule has 2 bridgehead atoms. The molecule has 0 spiro atoms. The highest BCUT2D eigenvalue weighted by atomic mass is 127. The van der Waals surface area contributed by atoms with Crippen LogP contribution in [0.2, 0.25) is 0 Å². The van der Waals surface area contributed by atoms with Gasteiger partial charge < -0.3 is 4.74 Å². The lowest BCUT2D eigenvalue weighted by Gasteiger charge is -2.53. The van der Waals surface area contributed by atoms with Gasteiger partial charge in [-0.05, 0) is 18.8 Å². The third kappa shape index (κ3) is 0.590. The van der Waals surface area contributed by atoms with Gasteiger partial charge in [0.1, 0.15) is 0 Å². The van der Waals surface area contributed by atoms with Crippen LogP contribution in [-0.2, 0) is 4.74 Å². The smallest absolute Gasteiger partial charge is 0.0920 e. The lowest BCUT2D eigenvalue weighted by Crippen LogP contribution is -2.60. The molecule has 0 aromatic heterocycles. The molecule has 5 unspecified atom stereocenters. The van der Waals surface area contributed by atoms with Crippen molar-refractivity contribution < 1.29 is 4.74 Å². The molecule has 1 heterocycles. The van der Waals surface area contributed by atoms with Crippen LogP contribution in [0.1, 0.15) is 12.8 Å². The Balaban J connectivity index is 1.99. The molecule has 1 aliphatic heterocycles. The molecule has 2 saturated carbocycles. The van der Waals surface area contributed by atoms with E-state index in [1.807, 2.05) is 6.08 Å². The maximum Gasteiger partial charge on any atom is 0.0920 e. The number of hydrogen-bond donors (Lipinski definition) is 0. The highest BCUT2D eigenvalue weighted by Crippen LogP contribution is 2.64. The lowest BCUT2D eigenvalue weighted by molar-refractivity contribution is -0.223. The molecule has 3 rings (SSSR count). The monoisotopic (exact) mass is 262 g/mol. The Kier molecular flexibility index (Phi) is 1.16. The van der Waals surface area contributed by atoms with Crippen molar-refractivity contribution in [1.82, 2.24) is 0 Å². The average molecular weight is 262 g/mol. The largest absolute Gasteiger partial charge is 0.366 e. The van der Waals surface area contributed by atoms with Crippen LogP contribution in [0.15, 0.2) is 12.7 Å². The molecule has 1 saturated heterocycles. The molecular formula is C9H11IO. The maximum atomic E-state index is 5.85. The predicted molar refractivity (Wildman–Crippen MR) is 51.8 cm³/mol. The normalized spacial score (nSPS) is 64.5. The van der Waals surface area contributed by atoms with E-state index in [1.165, 1.54) is 12.8 Å². The van der Waals surface area contributed by atoms with E-state index in [2.05, 4.69) is 29.2 Å². The van der Waals surface area contributed by atoms with Crippen molar-refractivity contribution in [2.75, 3.05) is 0 Å². The van der Waals surface area contributed by atoms with E-state index in [0.717, 1.165) is 15.8 Å². The zero-order chi connectivity index (χ0) is 7.64. The highest BCUT2D eigenvalue weighted by Gasteiger charge is 2.68. The van der Waals surface area contributed by atoms with Crippen LogP contribution in [0.4, 0.5) is 0 Å². The molecule has 3 aliphatic rings. The lowest BCUT2D eigenvalue weighted by atomic mass is 9.76. The van der Waals surface area contributed by atoms with Crippen LogP contribution in [0.5, 0.6) is 0 Å². The number of ether oxygens (including phenoxy) is 1. The number of alkyl halides is 1. The molecule has 5 atom stereocenters. The minimum Gasteiger partial charge on any atom is -0.366 e. The van der Waals surface area contributed by atoms with Crippen LogP contribution in [0, 0.1) is 11.8 Å². The first-order chi connectivity index (χ1) is 5.27. The van der Waals surface area contributed by atoms with Gasteiger partial charge in [0, 0.05) is 9.84 Å². The highest BCUT2D eigenvalue weighted by molar-refractivity contribution is 14.1. The van der Waals surface area contributed by atoms with Crippen LogP contribution in [0.3, 0.4) is 0 Å². The van der Waals surface area contributed by atoms with Gasteiger partial charge in [0.25, 0.3) is 0 Å². The summed E-state index contributed by atoms with van der Waals surface area (Å²) >= 11 is 2.55. The standard InChI is InChI=1S/C9H11IO/c1-2-9-4-5-3-6(9)8(11-9)7(5)10/h2,5-8H,1,3-4H2. The maximum absolute atomic E-state index is 5.85. The summed E-state index contributed by atoms with van der Waals surface area (Å²) in [5.41, 5.74) is 0.136. The van der Waals surface area contributed by atoms with E-state index in [9.17, 15) is 0 Å². The fraction of sp³-hybridized carbons (Fsp3) is 0.778. The minimum atomic E-state index is 0.136. The quantitative estimate of drug-likeness (QED) is 0.399. The minimum absolute atomic E-state index is 0.136. The van der Waals surface area contributed by atoms with E-state index in [-0.39, 0.29) is 5.60 Å². The number of rotatable bonds is 1. The summed E-state index contributed by atoms with van der Waals surface area (Å²) in [6.07, 6.45) is 5.25. The van der Waals surface area contributed by atoms with Gasteiger partial charge >= 0.3 is 0 Å². The van der Waals surface area contributed by atoms with Crippen molar-refractivity contribution in [2.24, 2.45) is 11.8 Å². The van der Waals surface area contributed by atoms with E-state index in [0.29, 0.717) is 6.10 Å². The fourth-order valence-electron chi connectivity index (χ4n) is 3.06. The second kappa shape index (κ2) is 1.84. The first kappa shape index (κ1) is 6.89. The van der Waals surface area contributed by atoms with Gasteiger partial charge in [0.2, 0.25) is 0 Å². The van der Waals surface area contributed by atoms with Gasteiger partial charge in [-0.15, -0.1) is 6.58 Å². The first-order valence-electron chi connectivity index (χ1n) is 4.22. The van der Waals surface area contributed by atoms with E-state index >= 15 is 0 Å². The van der Waals surface area contributed by atoms with Crippen molar-refractivity contribution in [1.29, 1.82) is 0 Å². The molecule has 1 nitrogen and oxygen atoms in total. The predicted octanol–water partition coefficient (Wildman–Crippen LogP) is 2.15. The third-order valence-electron chi connectivity index (χ3n) is 3.63. The summed E-state index contributed by atoms with van der Waals surface area (Å²) in [5.74, 6) is 1.75. The van der Waals surface area contributed by atoms with E-state index in [1.54, 1.807) is 0 Å². The zero-order valence-corrected chi connectivity index (χ0v) is 8.45. The molecule has 0 aromatic carbocycles. The Bertz CT molecular complexity index is 226. The second-order valence-electron chi connectivity index (χ2n) is 3.99. The Morgan fingerprint density at radius 3 is 2.91 bits per heavy atom. The third-order valence-corrected chi connectivity index (χ3v) is 5.35. The number of halogens is 1. The van der Waals surface area contributed by atoms with Gasteiger partial charge in [-0.25, -0.2) is 0 Å². The van der Waals surface area contributed by atoms with Crippen molar-refractivity contribution in [3.63, 3.8) is 0 Å². The van der Waals surface area contributed by atoms with Crippen molar-refractivity contribution >= 4 is 22.6 Å². The summed E-state index contributed by atoms with van der Waals surface area (Å²) in [7, 11) is 0. The zero-order valence-electron chi connectivity index (χ0n) is 6.29. The summed E-state index contributed by atoms with van der Waals surface area (Å²) < 4.78 is 6.64. The average Bonchev–Trinajstić information content (AvgIpc) is 2.39. The fourth-order valence-corrected chi connectivity index (χ4v) is 4.26. The Morgan fingerprint density at radius 2 is 2.45 bits per heavy atom. The van der Waals surface area contributed by atoms with E-state index < -0.39 is 0 Å².